The molecule has 0 saturated heterocycles. The average molecular weight is 476 g/mol. The van der Waals surface area contributed by atoms with Crippen molar-refractivity contribution in [1.29, 1.82) is 0 Å². The zero-order valence-electron chi connectivity index (χ0n) is 19.2. The molecule has 0 atom stereocenters. The molecule has 33 heavy (non-hydrogen) atoms. The van der Waals surface area contributed by atoms with Crippen LogP contribution in [0.2, 0.25) is 0 Å². The summed E-state index contributed by atoms with van der Waals surface area (Å²) >= 11 is 0. The summed E-state index contributed by atoms with van der Waals surface area (Å²) in [6, 6.07) is 14.5. The lowest BCUT2D eigenvalue weighted by Gasteiger charge is -2.12. The van der Waals surface area contributed by atoms with Crippen LogP contribution in [0, 0.1) is 0 Å². The van der Waals surface area contributed by atoms with Crippen LogP contribution < -0.4 is 23.5 Å². The van der Waals surface area contributed by atoms with Gasteiger partial charge in [-0.3, -0.25) is 4.18 Å². The third kappa shape index (κ3) is 4.87. The predicted molar refractivity (Wildman–Crippen MR) is 123 cm³/mol. The number of hydrogen-bond donors (Lipinski definition) is 0. The highest BCUT2D eigenvalue weighted by molar-refractivity contribution is 7.80. The number of rotatable bonds is 5. The summed E-state index contributed by atoms with van der Waals surface area (Å²) < 4.78 is 55.1. The van der Waals surface area contributed by atoms with Crippen LogP contribution in [0.4, 0.5) is 0 Å². The molecule has 10 heteroatoms. The first-order valence-corrected chi connectivity index (χ1v) is 11.0. The summed E-state index contributed by atoms with van der Waals surface area (Å²) in [6.45, 7) is 0. The molecular weight excluding hydrogens is 450 g/mol. The van der Waals surface area contributed by atoms with Crippen LogP contribution in [-0.4, -0.2) is 48.5 Å². The van der Waals surface area contributed by atoms with E-state index in [1.54, 1.807) is 28.4 Å². The Morgan fingerprint density at radius 1 is 0.667 bits per heavy atom. The number of fused-ring (bicyclic) bond motifs is 4. The first-order valence-electron chi connectivity index (χ1n) is 9.72. The molecule has 0 unspecified atom stereocenters. The van der Waals surface area contributed by atoms with E-state index in [4.69, 9.17) is 18.9 Å². The van der Waals surface area contributed by atoms with Gasteiger partial charge < -0.3 is 23.5 Å². The number of pyridine rings is 1. The van der Waals surface area contributed by atoms with Gasteiger partial charge in [-0.25, -0.2) is 8.42 Å². The lowest BCUT2D eigenvalue weighted by atomic mass is 10.0. The Bertz CT molecular complexity index is 1430. The maximum Gasteiger partial charge on any atom is 0.217 e. The molecule has 0 fully saturated rings. The topological polar surface area (TPSA) is 107 Å². The van der Waals surface area contributed by atoms with E-state index in [2.05, 4.69) is 34.0 Å². The molecular formula is C23H25NO8S. The lowest BCUT2D eigenvalue weighted by Crippen LogP contribution is -2.30. The van der Waals surface area contributed by atoms with Crippen molar-refractivity contribution in [3.8, 4) is 23.0 Å². The minimum absolute atomic E-state index is 0.712. The van der Waals surface area contributed by atoms with E-state index in [1.165, 1.54) is 0 Å². The first-order chi connectivity index (χ1) is 15.7. The Morgan fingerprint density at radius 2 is 1.15 bits per heavy atom. The molecule has 0 radical (unpaired) electrons. The fourth-order valence-electron chi connectivity index (χ4n) is 3.68. The molecule has 0 aliphatic carbocycles. The van der Waals surface area contributed by atoms with E-state index in [9.17, 15) is 13.0 Å². The zero-order valence-corrected chi connectivity index (χ0v) is 20.0. The van der Waals surface area contributed by atoms with Gasteiger partial charge in [0.2, 0.25) is 21.4 Å². The van der Waals surface area contributed by atoms with Crippen molar-refractivity contribution in [2.45, 2.75) is 0 Å². The minimum Gasteiger partial charge on any atom is -0.726 e. The van der Waals surface area contributed by atoms with Gasteiger partial charge in [-0.1, -0.05) is 0 Å². The predicted octanol–water partition coefficient (Wildman–Crippen LogP) is 3.10. The Hall–Kier alpha value is -3.34. The Morgan fingerprint density at radius 3 is 1.67 bits per heavy atom. The molecule has 3 aromatic carbocycles. The van der Waals surface area contributed by atoms with E-state index in [-0.39, 0.29) is 0 Å². The van der Waals surface area contributed by atoms with Crippen LogP contribution in [0.3, 0.4) is 0 Å². The largest absolute Gasteiger partial charge is 0.726 e. The highest BCUT2D eigenvalue weighted by atomic mass is 32.3. The van der Waals surface area contributed by atoms with Crippen LogP contribution in [0.1, 0.15) is 0 Å². The van der Waals surface area contributed by atoms with Gasteiger partial charge in [0.25, 0.3) is 0 Å². The van der Waals surface area contributed by atoms with Crippen LogP contribution in [0.15, 0.2) is 42.5 Å². The fraction of sp³-hybridized carbons (Fsp3) is 0.261. The number of aryl methyl sites for hydroxylation is 1. The van der Waals surface area contributed by atoms with Gasteiger partial charge in [0.1, 0.15) is 7.05 Å². The van der Waals surface area contributed by atoms with E-state index < -0.39 is 10.4 Å². The van der Waals surface area contributed by atoms with Gasteiger partial charge in [0.15, 0.2) is 23.0 Å². The van der Waals surface area contributed by atoms with Crippen LogP contribution >= 0.6 is 0 Å². The number of methoxy groups -OCH3 is 4. The second-order valence-electron chi connectivity index (χ2n) is 6.97. The molecule has 0 aliphatic rings. The number of ether oxygens (including phenoxy) is 4. The van der Waals surface area contributed by atoms with Gasteiger partial charge in [-0.2, -0.15) is 4.57 Å². The van der Waals surface area contributed by atoms with Gasteiger partial charge in [0, 0.05) is 6.07 Å². The van der Waals surface area contributed by atoms with Crippen LogP contribution in [0.5, 0.6) is 23.0 Å². The van der Waals surface area contributed by atoms with Crippen LogP contribution in [-0.2, 0) is 21.6 Å². The maximum atomic E-state index is 9.22. The number of aromatic nitrogens is 1. The van der Waals surface area contributed by atoms with Gasteiger partial charge >= 0.3 is 0 Å². The van der Waals surface area contributed by atoms with Crippen molar-refractivity contribution >= 4 is 43.0 Å². The normalized spacial score (nSPS) is 11.2. The molecule has 4 aromatic rings. The SMILES string of the molecule is COS(=O)(=O)[O-].COc1cc2ccc3c(cc4cc(OC)c(OC)cc4[n+]3C)c2cc1OC. The second kappa shape index (κ2) is 9.65. The van der Waals surface area contributed by atoms with E-state index in [0.29, 0.717) is 17.2 Å². The summed E-state index contributed by atoms with van der Waals surface area (Å²) in [5.41, 5.74) is 2.19. The molecule has 9 nitrogen and oxygen atoms in total. The first kappa shape index (κ1) is 24.3. The summed E-state index contributed by atoms with van der Waals surface area (Å²) in [5.74, 6) is 2.87. The summed E-state index contributed by atoms with van der Waals surface area (Å²) in [5, 5.41) is 4.41. The molecule has 1 aromatic heterocycles. The summed E-state index contributed by atoms with van der Waals surface area (Å²) in [4.78, 5) is 0. The highest BCUT2D eigenvalue weighted by Crippen LogP contribution is 2.37. The summed E-state index contributed by atoms with van der Waals surface area (Å²) in [6.07, 6.45) is 0. The van der Waals surface area contributed by atoms with Gasteiger partial charge in [0.05, 0.1) is 52.4 Å². The van der Waals surface area contributed by atoms with Crippen molar-refractivity contribution in [3.05, 3.63) is 42.5 Å². The molecule has 176 valence electrons. The van der Waals surface area contributed by atoms with Crippen LogP contribution in [0.25, 0.3) is 32.6 Å². The van der Waals surface area contributed by atoms with E-state index >= 15 is 0 Å². The second-order valence-corrected chi connectivity index (χ2v) is 8.12. The Balaban J connectivity index is 0.000000454. The van der Waals surface area contributed by atoms with Gasteiger partial charge in [-0.15, -0.1) is 0 Å². The van der Waals surface area contributed by atoms with E-state index in [0.717, 1.165) is 45.4 Å². The third-order valence-electron chi connectivity index (χ3n) is 5.30. The van der Waals surface area contributed by atoms with Crippen molar-refractivity contribution in [2.75, 3.05) is 35.5 Å². The molecule has 0 spiro atoms. The third-order valence-corrected chi connectivity index (χ3v) is 5.71. The smallest absolute Gasteiger partial charge is 0.217 e. The molecule has 0 amide bonds. The number of benzene rings is 3. The van der Waals surface area contributed by atoms with Crippen molar-refractivity contribution < 1.29 is 40.7 Å². The van der Waals surface area contributed by atoms with Crippen molar-refractivity contribution in [2.24, 2.45) is 7.05 Å². The molecule has 0 N–H and O–H groups in total. The van der Waals surface area contributed by atoms with Crippen molar-refractivity contribution in [1.82, 2.24) is 0 Å². The monoisotopic (exact) mass is 475 g/mol. The van der Waals surface area contributed by atoms with Crippen molar-refractivity contribution in [3.63, 3.8) is 0 Å². The average Bonchev–Trinajstić information content (AvgIpc) is 2.82. The van der Waals surface area contributed by atoms with Gasteiger partial charge in [-0.05, 0) is 41.1 Å². The number of nitrogens with zero attached hydrogens (tertiary/aromatic N) is 1. The quantitative estimate of drug-likeness (QED) is 0.142. The molecule has 0 aliphatic heterocycles. The highest BCUT2D eigenvalue weighted by Gasteiger charge is 2.18. The molecule has 1 heterocycles. The molecule has 0 saturated carbocycles. The zero-order chi connectivity index (χ0) is 24.3. The lowest BCUT2D eigenvalue weighted by molar-refractivity contribution is -0.617. The molecule has 0 bridgehead atoms. The standard InChI is InChI=1S/C22H22NO4.CH4O4S/c1-23-17-7-6-13-9-19(24-2)21(26-4)11-15(13)16(17)8-14-10-20(25-3)22(27-5)12-18(14)23;1-5-6(2,3)4/h6-12H,1-5H3;1H3,(H,2,3,4)/q+1;/p-1. The summed E-state index contributed by atoms with van der Waals surface area (Å²) in [7, 11) is 5.06. The van der Waals surface area contributed by atoms with E-state index in [1.807, 2.05) is 24.3 Å². The Kier molecular flexibility index (Phi) is 7.11. The Labute approximate surface area is 192 Å². The maximum absolute atomic E-state index is 9.22. The minimum atomic E-state index is -4.41. The fourth-order valence-corrected chi connectivity index (χ4v) is 3.68. The molecule has 4 rings (SSSR count). The number of hydrogen-bond acceptors (Lipinski definition) is 8.